The SMILES string of the molecule is CCOC(=O)c1c(NC(=O)c2ccc(O[C@@H](C)C(=O)N/N=C\c3ccccc3OC)cc2)sc2c1CC[C@H](C)C2. The van der Waals surface area contributed by atoms with Crippen molar-refractivity contribution in [3.8, 4) is 11.5 Å². The number of rotatable bonds is 10. The molecule has 0 unspecified atom stereocenters. The number of fused-ring (bicyclic) bond motifs is 1. The Balaban J connectivity index is 1.37. The van der Waals surface area contributed by atoms with Gasteiger partial charge in [0.1, 0.15) is 16.5 Å². The number of ether oxygens (including phenoxy) is 3. The maximum atomic E-state index is 13.1. The quantitative estimate of drug-likeness (QED) is 0.198. The van der Waals surface area contributed by atoms with Crippen molar-refractivity contribution >= 4 is 40.3 Å². The number of hydrazone groups is 1. The average molecular weight is 564 g/mol. The number of nitrogens with zero attached hydrogens (tertiary/aromatic N) is 1. The Hall–Kier alpha value is -4.18. The molecule has 9 nitrogen and oxygen atoms in total. The fraction of sp³-hybridized carbons (Fsp3) is 0.333. The fourth-order valence-electron chi connectivity index (χ4n) is 4.41. The predicted octanol–water partition coefficient (Wildman–Crippen LogP) is 5.23. The van der Waals surface area contributed by atoms with Crippen molar-refractivity contribution in [3.63, 3.8) is 0 Å². The molecule has 2 amide bonds. The molecule has 3 aromatic rings. The van der Waals surface area contributed by atoms with Crippen LogP contribution in [0.3, 0.4) is 0 Å². The van der Waals surface area contributed by atoms with Crippen molar-refractivity contribution in [1.29, 1.82) is 0 Å². The van der Waals surface area contributed by atoms with Crippen LogP contribution in [0.2, 0.25) is 0 Å². The number of hydrogen-bond donors (Lipinski definition) is 2. The standard InChI is InChI=1S/C30H33N3O6S/c1-5-38-30(36)26-23-15-10-18(2)16-25(23)40-29(26)32-28(35)20-11-13-22(14-12-20)39-19(3)27(34)33-31-17-21-8-6-7-9-24(21)37-4/h6-9,11-14,17-19H,5,10,15-16H2,1-4H3,(H,32,35)(H,33,34)/b31-17-/t18-,19-/m0/s1. The summed E-state index contributed by atoms with van der Waals surface area (Å²) >= 11 is 1.44. The van der Waals surface area contributed by atoms with E-state index in [4.69, 9.17) is 14.2 Å². The van der Waals surface area contributed by atoms with E-state index in [9.17, 15) is 14.4 Å². The van der Waals surface area contributed by atoms with Gasteiger partial charge in [0.05, 0.1) is 25.5 Å². The molecule has 1 aliphatic carbocycles. The molecule has 0 saturated carbocycles. The van der Waals surface area contributed by atoms with E-state index >= 15 is 0 Å². The highest BCUT2D eigenvalue weighted by atomic mass is 32.1. The molecule has 1 heterocycles. The maximum absolute atomic E-state index is 13.1. The van der Waals surface area contributed by atoms with Crippen LogP contribution < -0.4 is 20.2 Å². The van der Waals surface area contributed by atoms with E-state index in [-0.39, 0.29) is 12.5 Å². The van der Waals surface area contributed by atoms with Crippen LogP contribution in [0.4, 0.5) is 5.00 Å². The van der Waals surface area contributed by atoms with Crippen LogP contribution in [-0.2, 0) is 22.4 Å². The highest BCUT2D eigenvalue weighted by Gasteiger charge is 2.29. The van der Waals surface area contributed by atoms with Gasteiger partial charge in [0, 0.05) is 16.0 Å². The Morgan fingerprint density at radius 1 is 1.15 bits per heavy atom. The van der Waals surface area contributed by atoms with Gasteiger partial charge in [0.15, 0.2) is 6.10 Å². The molecule has 1 aromatic heterocycles. The largest absolute Gasteiger partial charge is 0.496 e. The summed E-state index contributed by atoms with van der Waals surface area (Å²) in [7, 11) is 1.56. The summed E-state index contributed by atoms with van der Waals surface area (Å²) in [5.74, 6) is 0.393. The summed E-state index contributed by atoms with van der Waals surface area (Å²) in [6, 6.07) is 13.7. The molecule has 10 heteroatoms. The number of benzene rings is 2. The minimum atomic E-state index is -0.832. The Morgan fingerprint density at radius 3 is 2.62 bits per heavy atom. The monoisotopic (exact) mass is 563 g/mol. The first kappa shape index (κ1) is 28.8. The molecule has 0 bridgehead atoms. The molecule has 210 valence electrons. The van der Waals surface area contributed by atoms with Gasteiger partial charge in [-0.1, -0.05) is 19.1 Å². The summed E-state index contributed by atoms with van der Waals surface area (Å²) < 4.78 is 16.3. The first-order chi connectivity index (χ1) is 19.3. The van der Waals surface area contributed by atoms with Crippen LogP contribution in [0.1, 0.15) is 63.9 Å². The fourth-order valence-corrected chi connectivity index (χ4v) is 5.80. The number of methoxy groups -OCH3 is 1. The number of nitrogens with one attached hydrogen (secondary N) is 2. The highest BCUT2D eigenvalue weighted by molar-refractivity contribution is 7.17. The summed E-state index contributed by atoms with van der Waals surface area (Å²) in [4.78, 5) is 39.3. The van der Waals surface area contributed by atoms with E-state index in [1.54, 1.807) is 51.3 Å². The second-order valence-corrected chi connectivity index (χ2v) is 10.6. The van der Waals surface area contributed by atoms with Crippen LogP contribution in [0.15, 0.2) is 53.6 Å². The molecule has 2 N–H and O–H groups in total. The van der Waals surface area contributed by atoms with Gasteiger partial charge in [0.2, 0.25) is 0 Å². The molecule has 40 heavy (non-hydrogen) atoms. The summed E-state index contributed by atoms with van der Waals surface area (Å²) in [5, 5.41) is 7.41. The first-order valence-electron chi connectivity index (χ1n) is 13.2. The van der Waals surface area contributed by atoms with E-state index < -0.39 is 18.0 Å². The van der Waals surface area contributed by atoms with E-state index in [0.717, 1.165) is 35.3 Å². The van der Waals surface area contributed by atoms with Gasteiger partial charge >= 0.3 is 5.97 Å². The molecule has 0 fully saturated rings. The summed E-state index contributed by atoms with van der Waals surface area (Å²) in [6.45, 7) is 5.82. The van der Waals surface area contributed by atoms with Crippen LogP contribution in [-0.4, -0.2) is 43.8 Å². The first-order valence-corrected chi connectivity index (χ1v) is 14.0. The lowest BCUT2D eigenvalue weighted by molar-refractivity contribution is -0.127. The Kier molecular flexibility index (Phi) is 9.55. The Bertz CT molecular complexity index is 1400. The normalized spacial score (nSPS) is 15.2. The van der Waals surface area contributed by atoms with Crippen molar-refractivity contribution in [2.24, 2.45) is 11.0 Å². The second kappa shape index (κ2) is 13.3. The van der Waals surface area contributed by atoms with Crippen molar-refractivity contribution in [2.45, 2.75) is 46.1 Å². The number of esters is 1. The molecule has 0 aliphatic heterocycles. The minimum absolute atomic E-state index is 0.263. The molecule has 0 saturated heterocycles. The van der Waals surface area contributed by atoms with Crippen LogP contribution in [0.25, 0.3) is 0 Å². The summed E-state index contributed by atoms with van der Waals surface area (Å²) in [5.41, 5.74) is 5.02. The van der Waals surface area contributed by atoms with Crippen molar-refractivity contribution in [1.82, 2.24) is 5.43 Å². The van der Waals surface area contributed by atoms with Gasteiger partial charge in [0.25, 0.3) is 11.8 Å². The molecular formula is C30H33N3O6S. The summed E-state index contributed by atoms with van der Waals surface area (Å²) in [6.07, 6.45) is 3.33. The van der Waals surface area contributed by atoms with Crippen molar-refractivity contribution in [2.75, 3.05) is 19.0 Å². The maximum Gasteiger partial charge on any atom is 0.341 e. The van der Waals surface area contributed by atoms with Gasteiger partial charge in [-0.15, -0.1) is 11.3 Å². The molecule has 4 rings (SSSR count). The van der Waals surface area contributed by atoms with Gasteiger partial charge in [-0.05, 0) is 81.0 Å². The van der Waals surface area contributed by atoms with Gasteiger partial charge in [-0.2, -0.15) is 5.10 Å². The topological polar surface area (TPSA) is 115 Å². The second-order valence-electron chi connectivity index (χ2n) is 9.49. The Labute approximate surface area is 237 Å². The lowest BCUT2D eigenvalue weighted by Gasteiger charge is -2.18. The van der Waals surface area contributed by atoms with E-state index in [2.05, 4.69) is 22.8 Å². The van der Waals surface area contributed by atoms with Gasteiger partial charge < -0.3 is 19.5 Å². The minimum Gasteiger partial charge on any atom is -0.496 e. The Morgan fingerprint density at radius 2 is 1.90 bits per heavy atom. The van der Waals surface area contributed by atoms with E-state index in [1.807, 2.05) is 18.2 Å². The zero-order valence-electron chi connectivity index (χ0n) is 23.0. The number of para-hydroxylation sites is 1. The molecule has 0 radical (unpaired) electrons. The third-order valence-corrected chi connectivity index (χ3v) is 7.70. The van der Waals surface area contributed by atoms with Crippen molar-refractivity contribution < 1.29 is 28.6 Å². The van der Waals surface area contributed by atoms with E-state index in [1.165, 1.54) is 17.6 Å². The number of carbonyl (C=O) groups excluding carboxylic acids is 3. The lowest BCUT2D eigenvalue weighted by Crippen LogP contribution is -2.33. The molecule has 2 atom stereocenters. The third-order valence-electron chi connectivity index (χ3n) is 6.53. The van der Waals surface area contributed by atoms with Crippen LogP contribution in [0.5, 0.6) is 11.5 Å². The number of amides is 2. The van der Waals surface area contributed by atoms with Crippen LogP contribution >= 0.6 is 11.3 Å². The van der Waals surface area contributed by atoms with Gasteiger partial charge in [-0.25, -0.2) is 10.2 Å². The van der Waals surface area contributed by atoms with E-state index in [0.29, 0.717) is 33.5 Å². The zero-order chi connectivity index (χ0) is 28.6. The average Bonchev–Trinajstić information content (AvgIpc) is 3.30. The molecule has 0 spiro atoms. The molecular weight excluding hydrogens is 530 g/mol. The molecule has 1 aliphatic rings. The van der Waals surface area contributed by atoms with Crippen molar-refractivity contribution in [3.05, 3.63) is 75.7 Å². The number of thiophene rings is 1. The number of carbonyl (C=O) groups is 3. The predicted molar refractivity (Wildman–Crippen MR) is 155 cm³/mol. The molecule has 2 aromatic carbocycles. The lowest BCUT2D eigenvalue weighted by atomic mass is 9.88. The zero-order valence-corrected chi connectivity index (χ0v) is 23.8. The highest BCUT2D eigenvalue weighted by Crippen LogP contribution is 2.40. The smallest absolute Gasteiger partial charge is 0.341 e. The number of hydrogen-bond acceptors (Lipinski definition) is 8. The van der Waals surface area contributed by atoms with Gasteiger partial charge in [-0.3, -0.25) is 9.59 Å². The third kappa shape index (κ3) is 6.87. The van der Waals surface area contributed by atoms with Crippen LogP contribution in [0, 0.1) is 5.92 Å². The number of anilines is 1.